The summed E-state index contributed by atoms with van der Waals surface area (Å²) in [5.41, 5.74) is 1.04. The van der Waals surface area contributed by atoms with Crippen molar-refractivity contribution in [3.8, 4) is 5.75 Å². The van der Waals surface area contributed by atoms with Gasteiger partial charge in [0.15, 0.2) is 0 Å². The summed E-state index contributed by atoms with van der Waals surface area (Å²) in [5, 5.41) is 1.21. The minimum absolute atomic E-state index is 0.249. The van der Waals surface area contributed by atoms with Gasteiger partial charge in [-0.1, -0.05) is 13.8 Å². The number of thiazole rings is 1. The van der Waals surface area contributed by atoms with Crippen LogP contribution in [-0.2, 0) is 13.1 Å². The molecule has 1 fully saturated rings. The summed E-state index contributed by atoms with van der Waals surface area (Å²) < 4.78 is 6.19. The molecule has 3 rings (SSSR count). The quantitative estimate of drug-likeness (QED) is 0.757. The fraction of sp³-hybridized carbons (Fsp3) is 0.579. The number of pyridine rings is 1. The Bertz CT molecular complexity index is 686. The van der Waals surface area contributed by atoms with Crippen LogP contribution in [0.25, 0.3) is 0 Å². The molecule has 136 valence electrons. The average Bonchev–Trinajstić information content (AvgIpc) is 3.17. The van der Waals surface area contributed by atoms with Crippen molar-refractivity contribution in [2.24, 2.45) is 0 Å². The molecule has 0 radical (unpaired) electrons. The zero-order valence-electron chi connectivity index (χ0n) is 15.6. The van der Waals surface area contributed by atoms with Crippen LogP contribution in [0.5, 0.6) is 5.75 Å². The minimum Gasteiger partial charge on any atom is -0.489 e. The molecule has 3 heterocycles. The van der Waals surface area contributed by atoms with Crippen molar-refractivity contribution < 1.29 is 4.74 Å². The van der Waals surface area contributed by atoms with E-state index in [9.17, 15) is 0 Å². The summed E-state index contributed by atoms with van der Waals surface area (Å²) in [6.45, 7) is 8.22. The molecule has 0 aliphatic carbocycles. The number of hydrogen-bond acceptors (Lipinski definition) is 6. The van der Waals surface area contributed by atoms with E-state index in [0.29, 0.717) is 5.92 Å². The maximum atomic E-state index is 6.19. The van der Waals surface area contributed by atoms with Crippen molar-refractivity contribution in [1.82, 2.24) is 19.8 Å². The van der Waals surface area contributed by atoms with Gasteiger partial charge in [-0.05, 0) is 32.5 Å². The number of hydrogen-bond donors (Lipinski definition) is 0. The third-order valence-electron chi connectivity index (χ3n) is 4.30. The predicted octanol–water partition coefficient (Wildman–Crippen LogP) is 3.38. The lowest BCUT2D eigenvalue weighted by molar-refractivity contribution is 0.198. The molecule has 2 aromatic heterocycles. The Labute approximate surface area is 154 Å². The highest BCUT2D eigenvalue weighted by Crippen LogP contribution is 2.25. The molecular formula is C19H28N4OS. The molecule has 1 aliphatic rings. The first-order valence-electron chi connectivity index (χ1n) is 8.93. The maximum absolute atomic E-state index is 6.19. The van der Waals surface area contributed by atoms with Gasteiger partial charge >= 0.3 is 0 Å². The van der Waals surface area contributed by atoms with Crippen LogP contribution in [0.3, 0.4) is 0 Å². The van der Waals surface area contributed by atoms with Gasteiger partial charge < -0.3 is 9.64 Å². The van der Waals surface area contributed by atoms with E-state index >= 15 is 0 Å². The predicted molar refractivity (Wildman–Crippen MR) is 102 cm³/mol. The second kappa shape index (κ2) is 8.25. The van der Waals surface area contributed by atoms with E-state index in [1.807, 2.05) is 43.9 Å². The standard InChI is InChI=1S/C19H28N4OS/c1-14(2)18-10-21-19(25-18)13-23-8-6-17(12-23)24-16-5-7-20-15(9-16)11-22(3)4/h5,7,9-10,14,17H,6,8,11-13H2,1-4H3. The zero-order valence-corrected chi connectivity index (χ0v) is 16.4. The summed E-state index contributed by atoms with van der Waals surface area (Å²) in [7, 11) is 4.10. The van der Waals surface area contributed by atoms with Crippen LogP contribution in [0.1, 0.15) is 41.8 Å². The SMILES string of the molecule is CC(C)c1cnc(CN2CCC(Oc3ccnc(CN(C)C)c3)C2)s1. The molecule has 2 aromatic rings. The first-order chi connectivity index (χ1) is 12.0. The largest absolute Gasteiger partial charge is 0.489 e. The third kappa shape index (κ3) is 5.23. The first kappa shape index (κ1) is 18.3. The Morgan fingerprint density at radius 3 is 2.92 bits per heavy atom. The Kier molecular flexibility index (Phi) is 6.04. The highest BCUT2D eigenvalue weighted by Gasteiger charge is 2.25. The molecule has 25 heavy (non-hydrogen) atoms. The van der Waals surface area contributed by atoms with E-state index in [0.717, 1.165) is 44.0 Å². The van der Waals surface area contributed by atoms with Crippen molar-refractivity contribution in [3.05, 3.63) is 40.1 Å². The fourth-order valence-electron chi connectivity index (χ4n) is 3.02. The lowest BCUT2D eigenvalue weighted by Gasteiger charge is -2.16. The topological polar surface area (TPSA) is 41.5 Å². The average molecular weight is 361 g/mol. The van der Waals surface area contributed by atoms with Gasteiger partial charge in [-0.25, -0.2) is 4.98 Å². The van der Waals surface area contributed by atoms with Crippen molar-refractivity contribution in [2.45, 2.75) is 45.4 Å². The Balaban J connectivity index is 1.52. The van der Waals surface area contributed by atoms with E-state index in [1.54, 1.807) is 0 Å². The molecular weight excluding hydrogens is 332 g/mol. The Hall–Kier alpha value is -1.50. The molecule has 1 aliphatic heterocycles. The molecule has 6 heteroatoms. The van der Waals surface area contributed by atoms with Gasteiger partial charge in [0.1, 0.15) is 16.9 Å². The van der Waals surface area contributed by atoms with E-state index < -0.39 is 0 Å². The number of likely N-dealkylation sites (tertiary alicyclic amines) is 1. The van der Waals surface area contributed by atoms with Crippen LogP contribution in [0.2, 0.25) is 0 Å². The molecule has 0 aromatic carbocycles. The lowest BCUT2D eigenvalue weighted by atomic mass is 10.2. The van der Waals surface area contributed by atoms with E-state index in [-0.39, 0.29) is 6.10 Å². The summed E-state index contributed by atoms with van der Waals surface area (Å²) >= 11 is 1.83. The van der Waals surface area contributed by atoms with Crippen molar-refractivity contribution >= 4 is 11.3 Å². The van der Waals surface area contributed by atoms with Gasteiger partial charge in [-0.3, -0.25) is 9.88 Å². The zero-order chi connectivity index (χ0) is 17.8. The number of ether oxygens (including phenoxy) is 1. The van der Waals surface area contributed by atoms with Gasteiger partial charge in [0.05, 0.1) is 12.2 Å². The van der Waals surface area contributed by atoms with Crippen LogP contribution in [0, 0.1) is 0 Å². The Morgan fingerprint density at radius 1 is 1.36 bits per heavy atom. The molecule has 0 amide bonds. The van der Waals surface area contributed by atoms with Crippen LogP contribution in [0.4, 0.5) is 0 Å². The van der Waals surface area contributed by atoms with Gasteiger partial charge in [0.25, 0.3) is 0 Å². The maximum Gasteiger partial charge on any atom is 0.123 e. The van der Waals surface area contributed by atoms with E-state index in [4.69, 9.17) is 4.74 Å². The first-order valence-corrected chi connectivity index (χ1v) is 9.74. The van der Waals surface area contributed by atoms with Crippen molar-refractivity contribution in [1.29, 1.82) is 0 Å². The lowest BCUT2D eigenvalue weighted by Crippen LogP contribution is -2.24. The highest BCUT2D eigenvalue weighted by molar-refractivity contribution is 7.11. The van der Waals surface area contributed by atoms with E-state index in [1.165, 1.54) is 9.88 Å². The molecule has 1 atom stereocenters. The van der Waals surface area contributed by atoms with Gasteiger partial charge in [-0.2, -0.15) is 0 Å². The second-order valence-corrected chi connectivity index (χ2v) is 8.44. The summed E-state index contributed by atoms with van der Waals surface area (Å²) in [6, 6.07) is 4.01. The molecule has 1 saturated heterocycles. The summed E-state index contributed by atoms with van der Waals surface area (Å²) in [6.07, 6.45) is 5.18. The molecule has 0 spiro atoms. The van der Waals surface area contributed by atoms with Gasteiger partial charge in [0.2, 0.25) is 0 Å². The number of nitrogens with zero attached hydrogens (tertiary/aromatic N) is 4. The van der Waals surface area contributed by atoms with Crippen LogP contribution >= 0.6 is 11.3 Å². The van der Waals surface area contributed by atoms with Gasteiger partial charge in [0, 0.05) is 43.0 Å². The fourth-order valence-corrected chi connectivity index (χ4v) is 3.99. The smallest absolute Gasteiger partial charge is 0.123 e. The van der Waals surface area contributed by atoms with Crippen molar-refractivity contribution in [3.63, 3.8) is 0 Å². The monoisotopic (exact) mass is 360 g/mol. The Morgan fingerprint density at radius 2 is 2.20 bits per heavy atom. The van der Waals surface area contributed by atoms with Crippen LogP contribution in [0.15, 0.2) is 24.5 Å². The molecule has 0 N–H and O–H groups in total. The molecule has 5 nitrogen and oxygen atoms in total. The van der Waals surface area contributed by atoms with Crippen LogP contribution < -0.4 is 4.74 Å². The molecule has 0 saturated carbocycles. The third-order valence-corrected chi connectivity index (χ3v) is 5.58. The van der Waals surface area contributed by atoms with Crippen LogP contribution in [-0.4, -0.2) is 53.1 Å². The summed E-state index contributed by atoms with van der Waals surface area (Å²) in [5.74, 6) is 1.49. The second-order valence-electron chi connectivity index (χ2n) is 7.30. The summed E-state index contributed by atoms with van der Waals surface area (Å²) in [4.78, 5) is 14.9. The number of rotatable bonds is 7. The van der Waals surface area contributed by atoms with Gasteiger partial charge in [-0.15, -0.1) is 11.3 Å². The normalized spacial score (nSPS) is 18.4. The van der Waals surface area contributed by atoms with Crippen molar-refractivity contribution in [2.75, 3.05) is 27.2 Å². The minimum atomic E-state index is 0.249. The molecule has 1 unspecified atom stereocenters. The molecule has 0 bridgehead atoms. The van der Waals surface area contributed by atoms with E-state index in [2.05, 4.69) is 39.7 Å². The highest BCUT2D eigenvalue weighted by atomic mass is 32.1. The number of aromatic nitrogens is 2.